The van der Waals surface area contributed by atoms with Crippen LogP contribution in [0.5, 0.6) is 0 Å². The number of nitrogens with zero attached hydrogens (tertiary/aromatic N) is 3. The predicted octanol–water partition coefficient (Wildman–Crippen LogP) is 1.27. The van der Waals surface area contributed by atoms with Crippen molar-refractivity contribution in [2.45, 2.75) is 13.5 Å². The van der Waals surface area contributed by atoms with E-state index in [2.05, 4.69) is 15.3 Å². The zero-order chi connectivity index (χ0) is 14.7. The first-order valence-corrected chi connectivity index (χ1v) is 6.44. The van der Waals surface area contributed by atoms with E-state index >= 15 is 0 Å². The molecular formula is C11H11N5O3S. The van der Waals surface area contributed by atoms with E-state index in [9.17, 15) is 14.9 Å². The minimum Gasteiger partial charge on any atom is -0.384 e. The molecule has 0 aliphatic carbocycles. The van der Waals surface area contributed by atoms with Crippen LogP contribution in [0.3, 0.4) is 0 Å². The first kappa shape index (κ1) is 13.9. The molecule has 0 fully saturated rings. The number of nitro groups is 1. The van der Waals surface area contributed by atoms with Gasteiger partial charge in [-0.3, -0.25) is 14.9 Å². The monoisotopic (exact) mass is 293 g/mol. The number of carbonyl (C=O) groups is 1. The Morgan fingerprint density at radius 2 is 2.30 bits per heavy atom. The second-order valence-electron chi connectivity index (χ2n) is 3.93. The van der Waals surface area contributed by atoms with E-state index < -0.39 is 10.8 Å². The molecule has 0 aromatic carbocycles. The van der Waals surface area contributed by atoms with Crippen molar-refractivity contribution in [2.75, 3.05) is 5.73 Å². The second-order valence-corrected chi connectivity index (χ2v) is 4.87. The summed E-state index contributed by atoms with van der Waals surface area (Å²) < 4.78 is 0. The molecule has 2 heterocycles. The molecule has 0 radical (unpaired) electrons. The summed E-state index contributed by atoms with van der Waals surface area (Å²) in [4.78, 5) is 30.8. The quantitative estimate of drug-likeness (QED) is 0.646. The second kappa shape index (κ2) is 5.61. The van der Waals surface area contributed by atoms with Gasteiger partial charge in [-0.1, -0.05) is 0 Å². The molecule has 104 valence electrons. The van der Waals surface area contributed by atoms with E-state index in [1.165, 1.54) is 17.4 Å². The van der Waals surface area contributed by atoms with Gasteiger partial charge in [0, 0.05) is 4.88 Å². The normalized spacial score (nSPS) is 10.2. The molecule has 2 aromatic rings. The molecule has 0 atom stereocenters. The van der Waals surface area contributed by atoms with E-state index in [0.717, 1.165) is 16.8 Å². The molecule has 0 spiro atoms. The zero-order valence-electron chi connectivity index (χ0n) is 10.5. The van der Waals surface area contributed by atoms with E-state index in [4.69, 9.17) is 5.73 Å². The highest BCUT2D eigenvalue weighted by atomic mass is 32.1. The Kier molecular flexibility index (Phi) is 3.89. The maximum Gasteiger partial charge on any atom is 0.300 e. The average molecular weight is 293 g/mol. The van der Waals surface area contributed by atoms with Crippen LogP contribution in [0, 0.1) is 17.0 Å². The van der Waals surface area contributed by atoms with Crippen molar-refractivity contribution in [3.8, 4) is 0 Å². The van der Waals surface area contributed by atoms with Gasteiger partial charge in [0.05, 0.1) is 22.7 Å². The fourth-order valence-electron chi connectivity index (χ4n) is 1.54. The third-order valence-electron chi connectivity index (χ3n) is 2.60. The molecule has 1 amide bonds. The number of pyridine rings is 1. The number of anilines is 1. The Morgan fingerprint density at radius 1 is 1.55 bits per heavy atom. The lowest BCUT2D eigenvalue weighted by atomic mass is 10.2. The van der Waals surface area contributed by atoms with E-state index in [1.807, 2.05) is 6.92 Å². The largest absolute Gasteiger partial charge is 0.384 e. The molecular weight excluding hydrogens is 282 g/mol. The van der Waals surface area contributed by atoms with Gasteiger partial charge in [-0.05, 0) is 13.0 Å². The van der Waals surface area contributed by atoms with Crippen molar-refractivity contribution in [3.05, 3.63) is 44.0 Å². The van der Waals surface area contributed by atoms with Gasteiger partial charge < -0.3 is 11.1 Å². The van der Waals surface area contributed by atoms with E-state index in [1.54, 1.807) is 5.51 Å². The summed E-state index contributed by atoms with van der Waals surface area (Å²) in [6, 6.07) is 1.19. The van der Waals surface area contributed by atoms with Crippen LogP contribution in [0.2, 0.25) is 0 Å². The van der Waals surface area contributed by atoms with Crippen molar-refractivity contribution in [1.82, 2.24) is 15.3 Å². The highest BCUT2D eigenvalue weighted by molar-refractivity contribution is 7.09. The number of nitrogens with two attached hydrogens (primary N) is 1. The Labute approximate surface area is 117 Å². The van der Waals surface area contributed by atoms with Crippen molar-refractivity contribution in [2.24, 2.45) is 0 Å². The van der Waals surface area contributed by atoms with Crippen molar-refractivity contribution < 1.29 is 9.72 Å². The summed E-state index contributed by atoms with van der Waals surface area (Å²) >= 11 is 1.40. The highest BCUT2D eigenvalue weighted by Crippen LogP contribution is 2.19. The Hall–Kier alpha value is -2.55. The van der Waals surface area contributed by atoms with E-state index in [-0.39, 0.29) is 23.6 Å². The molecule has 3 N–H and O–H groups in total. The van der Waals surface area contributed by atoms with Gasteiger partial charge >= 0.3 is 0 Å². The lowest BCUT2D eigenvalue weighted by Gasteiger charge is -2.05. The van der Waals surface area contributed by atoms with Crippen LogP contribution in [0.4, 0.5) is 11.5 Å². The van der Waals surface area contributed by atoms with Gasteiger partial charge in [0.2, 0.25) is 0 Å². The number of nitrogens with one attached hydrogen (secondary N) is 1. The Bertz CT molecular complexity index is 670. The Morgan fingerprint density at radius 3 is 2.90 bits per heavy atom. The van der Waals surface area contributed by atoms with Crippen LogP contribution in [0.15, 0.2) is 17.8 Å². The molecule has 8 nitrogen and oxygen atoms in total. The number of hydrogen-bond acceptors (Lipinski definition) is 7. The van der Waals surface area contributed by atoms with Crippen molar-refractivity contribution in [3.63, 3.8) is 0 Å². The summed E-state index contributed by atoms with van der Waals surface area (Å²) in [6.07, 6.45) is 0.974. The topological polar surface area (TPSA) is 124 Å². The van der Waals surface area contributed by atoms with Gasteiger partial charge in [0.1, 0.15) is 17.6 Å². The minimum absolute atomic E-state index is 0.0507. The van der Waals surface area contributed by atoms with E-state index in [0.29, 0.717) is 0 Å². The third kappa shape index (κ3) is 2.88. The van der Waals surface area contributed by atoms with Crippen LogP contribution < -0.4 is 11.1 Å². The molecule has 20 heavy (non-hydrogen) atoms. The zero-order valence-corrected chi connectivity index (χ0v) is 11.3. The van der Waals surface area contributed by atoms with Crippen LogP contribution in [0.25, 0.3) is 0 Å². The molecule has 0 bridgehead atoms. The number of hydrogen-bond donors (Lipinski definition) is 2. The van der Waals surface area contributed by atoms with Gasteiger partial charge in [0.15, 0.2) is 0 Å². The molecule has 9 heteroatoms. The molecule has 0 unspecified atom stereocenters. The summed E-state index contributed by atoms with van der Waals surface area (Å²) in [5.74, 6) is -0.520. The number of nitrogen functional groups attached to an aromatic ring is 1. The van der Waals surface area contributed by atoms with Gasteiger partial charge in [-0.25, -0.2) is 9.97 Å². The van der Waals surface area contributed by atoms with Crippen molar-refractivity contribution >= 4 is 28.7 Å². The molecule has 0 saturated carbocycles. The first-order chi connectivity index (χ1) is 9.49. The summed E-state index contributed by atoms with van der Waals surface area (Å²) in [6.45, 7) is 2.08. The van der Waals surface area contributed by atoms with Crippen LogP contribution in [-0.4, -0.2) is 20.8 Å². The Balaban J connectivity index is 2.19. The van der Waals surface area contributed by atoms with Crippen LogP contribution in [0.1, 0.15) is 20.9 Å². The third-order valence-corrected chi connectivity index (χ3v) is 3.53. The van der Waals surface area contributed by atoms with Gasteiger partial charge in [-0.15, -0.1) is 11.3 Å². The highest BCUT2D eigenvalue weighted by Gasteiger charge is 2.21. The molecule has 2 aromatic heterocycles. The first-order valence-electron chi connectivity index (χ1n) is 5.56. The average Bonchev–Trinajstić information content (AvgIpc) is 2.81. The SMILES string of the molecule is Cc1ncsc1CNC(=O)c1cc(N)ncc1[N+](=O)[O-]. The van der Waals surface area contributed by atoms with Crippen LogP contribution >= 0.6 is 11.3 Å². The summed E-state index contributed by atoms with van der Waals surface area (Å²) in [5.41, 5.74) is 7.46. The standard InChI is InChI=1S/C11H11N5O3S/c1-6-9(20-5-15-6)4-14-11(17)7-2-10(12)13-3-8(7)16(18)19/h2-3,5H,4H2,1H3,(H2,12,13)(H,14,17). The molecule has 0 aliphatic heterocycles. The predicted molar refractivity (Wildman–Crippen MR) is 73.3 cm³/mol. The van der Waals surface area contributed by atoms with Gasteiger partial charge in [0.25, 0.3) is 11.6 Å². The van der Waals surface area contributed by atoms with Gasteiger partial charge in [-0.2, -0.15) is 0 Å². The number of aromatic nitrogens is 2. The summed E-state index contributed by atoms with van der Waals surface area (Å²) in [7, 11) is 0. The number of amides is 1. The molecule has 0 aliphatic rings. The number of thiazole rings is 1. The lowest BCUT2D eigenvalue weighted by molar-refractivity contribution is -0.385. The molecule has 0 saturated heterocycles. The number of aryl methyl sites for hydroxylation is 1. The fraction of sp³-hybridized carbons (Fsp3) is 0.182. The smallest absolute Gasteiger partial charge is 0.300 e. The maximum atomic E-state index is 12.0. The number of rotatable bonds is 4. The maximum absolute atomic E-state index is 12.0. The fourth-order valence-corrected chi connectivity index (χ4v) is 2.26. The lowest BCUT2D eigenvalue weighted by Crippen LogP contribution is -2.24. The van der Waals surface area contributed by atoms with Crippen molar-refractivity contribution in [1.29, 1.82) is 0 Å². The van der Waals surface area contributed by atoms with Crippen LogP contribution in [-0.2, 0) is 6.54 Å². The number of carbonyl (C=O) groups excluding carboxylic acids is 1. The summed E-state index contributed by atoms with van der Waals surface area (Å²) in [5, 5.41) is 13.5. The molecule has 2 rings (SSSR count). The minimum atomic E-state index is -0.667.